The van der Waals surface area contributed by atoms with Crippen molar-refractivity contribution in [2.75, 3.05) is 5.32 Å². The molecule has 1 N–H and O–H groups in total. The summed E-state index contributed by atoms with van der Waals surface area (Å²) < 4.78 is 6.15. The van der Waals surface area contributed by atoms with Crippen molar-refractivity contribution in [3.63, 3.8) is 0 Å². The molecule has 0 amide bonds. The summed E-state index contributed by atoms with van der Waals surface area (Å²) in [6, 6.07) is 6.16. The number of benzene rings is 1. The summed E-state index contributed by atoms with van der Waals surface area (Å²) in [4.78, 5) is 0. The quantitative estimate of drug-likeness (QED) is 0.865. The van der Waals surface area contributed by atoms with Crippen LogP contribution in [0.1, 0.15) is 34.1 Å². The van der Waals surface area contributed by atoms with Crippen molar-refractivity contribution in [2.45, 2.75) is 46.3 Å². The van der Waals surface area contributed by atoms with Gasteiger partial charge in [-0.2, -0.15) is 0 Å². The van der Waals surface area contributed by atoms with Gasteiger partial charge in [-0.3, -0.25) is 0 Å². The van der Waals surface area contributed by atoms with Gasteiger partial charge in [0.1, 0.15) is 11.9 Å². The van der Waals surface area contributed by atoms with E-state index >= 15 is 0 Å². The molecule has 1 aliphatic rings. The van der Waals surface area contributed by atoms with Crippen molar-refractivity contribution in [2.24, 2.45) is 11.8 Å². The number of hydrogen-bond acceptors (Lipinski definition) is 2. The van der Waals surface area contributed by atoms with E-state index in [1.807, 2.05) is 18.2 Å². The SMILES string of the molecule is CC(C)CC1Oc2cc(Cl)ccc2NC1C(C)C. The van der Waals surface area contributed by atoms with Crippen LogP contribution in [0.4, 0.5) is 5.69 Å². The Balaban J connectivity index is 2.25. The van der Waals surface area contributed by atoms with E-state index in [-0.39, 0.29) is 6.10 Å². The Kier molecular flexibility index (Phi) is 4.06. The predicted octanol–water partition coefficient (Wildman–Crippen LogP) is 4.58. The van der Waals surface area contributed by atoms with Crippen LogP contribution in [0.3, 0.4) is 0 Å². The van der Waals surface area contributed by atoms with E-state index in [2.05, 4.69) is 33.0 Å². The van der Waals surface area contributed by atoms with E-state index in [1.165, 1.54) is 0 Å². The zero-order valence-electron chi connectivity index (χ0n) is 11.5. The lowest BCUT2D eigenvalue weighted by atomic mass is 9.91. The maximum absolute atomic E-state index is 6.15. The van der Waals surface area contributed by atoms with Crippen LogP contribution in [-0.2, 0) is 0 Å². The largest absolute Gasteiger partial charge is 0.486 e. The molecule has 3 heteroatoms. The number of ether oxygens (including phenoxy) is 1. The van der Waals surface area contributed by atoms with Crippen LogP contribution in [-0.4, -0.2) is 12.1 Å². The van der Waals surface area contributed by atoms with Gasteiger partial charge in [-0.15, -0.1) is 0 Å². The molecular weight excluding hydrogens is 246 g/mol. The third-order valence-corrected chi connectivity index (χ3v) is 3.60. The van der Waals surface area contributed by atoms with Gasteiger partial charge in [0, 0.05) is 11.1 Å². The van der Waals surface area contributed by atoms with Gasteiger partial charge in [-0.25, -0.2) is 0 Å². The van der Waals surface area contributed by atoms with E-state index in [1.54, 1.807) is 0 Å². The van der Waals surface area contributed by atoms with E-state index in [0.29, 0.717) is 17.9 Å². The minimum Gasteiger partial charge on any atom is -0.486 e. The molecule has 0 aromatic heterocycles. The lowest BCUT2D eigenvalue weighted by Crippen LogP contribution is -2.45. The molecule has 2 unspecified atom stereocenters. The molecule has 1 aromatic rings. The Labute approximate surface area is 115 Å². The highest BCUT2D eigenvalue weighted by molar-refractivity contribution is 6.30. The van der Waals surface area contributed by atoms with Crippen molar-refractivity contribution in [3.05, 3.63) is 23.2 Å². The van der Waals surface area contributed by atoms with Crippen LogP contribution in [0.5, 0.6) is 5.75 Å². The van der Waals surface area contributed by atoms with Crippen LogP contribution < -0.4 is 10.1 Å². The van der Waals surface area contributed by atoms with Crippen LogP contribution in [0.2, 0.25) is 5.02 Å². The van der Waals surface area contributed by atoms with E-state index in [0.717, 1.165) is 22.9 Å². The standard InChI is InChI=1S/C15H22ClNO/c1-9(2)7-14-15(10(3)4)17-12-6-5-11(16)8-13(12)18-14/h5-6,8-10,14-15,17H,7H2,1-4H3. The molecule has 18 heavy (non-hydrogen) atoms. The lowest BCUT2D eigenvalue weighted by Gasteiger charge is -2.38. The first kappa shape index (κ1) is 13.5. The van der Waals surface area contributed by atoms with Gasteiger partial charge < -0.3 is 10.1 Å². The molecule has 0 saturated carbocycles. The summed E-state index contributed by atoms with van der Waals surface area (Å²) in [5.41, 5.74) is 1.05. The second kappa shape index (κ2) is 5.40. The van der Waals surface area contributed by atoms with Gasteiger partial charge >= 0.3 is 0 Å². The van der Waals surface area contributed by atoms with Crippen LogP contribution in [0.15, 0.2) is 18.2 Å². The Hall–Kier alpha value is -0.890. The highest BCUT2D eigenvalue weighted by atomic mass is 35.5. The molecule has 0 fully saturated rings. The third-order valence-electron chi connectivity index (χ3n) is 3.37. The van der Waals surface area contributed by atoms with Gasteiger partial charge in [0.05, 0.1) is 11.7 Å². The molecule has 0 saturated heterocycles. The minimum atomic E-state index is 0.218. The molecule has 1 aromatic carbocycles. The minimum absolute atomic E-state index is 0.218. The second-order valence-corrected chi connectivity index (χ2v) is 6.28. The maximum atomic E-state index is 6.15. The van der Waals surface area contributed by atoms with Gasteiger partial charge in [0.2, 0.25) is 0 Å². The van der Waals surface area contributed by atoms with Crippen molar-refractivity contribution in [1.82, 2.24) is 0 Å². The first-order valence-electron chi connectivity index (χ1n) is 6.70. The predicted molar refractivity (Wildman–Crippen MR) is 77.6 cm³/mol. The van der Waals surface area contributed by atoms with Gasteiger partial charge in [0.25, 0.3) is 0 Å². The number of hydrogen-bond donors (Lipinski definition) is 1. The number of nitrogens with one attached hydrogen (secondary N) is 1. The Morgan fingerprint density at radius 1 is 1.28 bits per heavy atom. The summed E-state index contributed by atoms with van der Waals surface area (Å²) >= 11 is 6.02. The molecule has 2 nitrogen and oxygen atoms in total. The Bertz CT molecular complexity index is 417. The third kappa shape index (κ3) is 2.92. The van der Waals surface area contributed by atoms with E-state index < -0.39 is 0 Å². The molecule has 2 rings (SSSR count). The molecule has 0 spiro atoms. The normalized spacial score (nSPS) is 22.6. The average Bonchev–Trinajstić information content (AvgIpc) is 2.26. The Morgan fingerprint density at radius 3 is 2.61 bits per heavy atom. The van der Waals surface area contributed by atoms with Gasteiger partial charge in [-0.05, 0) is 30.4 Å². The molecule has 100 valence electrons. The summed E-state index contributed by atoms with van der Waals surface area (Å²) in [6.45, 7) is 8.92. The molecule has 0 bridgehead atoms. The summed E-state index contributed by atoms with van der Waals surface area (Å²) in [6.07, 6.45) is 1.28. The topological polar surface area (TPSA) is 21.3 Å². The van der Waals surface area contributed by atoms with E-state index in [4.69, 9.17) is 16.3 Å². The van der Waals surface area contributed by atoms with Crippen LogP contribution in [0, 0.1) is 11.8 Å². The molecule has 1 aliphatic heterocycles. The van der Waals surface area contributed by atoms with Crippen LogP contribution >= 0.6 is 11.6 Å². The maximum Gasteiger partial charge on any atom is 0.144 e. The Morgan fingerprint density at radius 2 is 2.00 bits per heavy atom. The monoisotopic (exact) mass is 267 g/mol. The van der Waals surface area contributed by atoms with Gasteiger partial charge in [0.15, 0.2) is 0 Å². The van der Waals surface area contributed by atoms with Crippen molar-refractivity contribution in [1.29, 1.82) is 0 Å². The van der Waals surface area contributed by atoms with Crippen LogP contribution in [0.25, 0.3) is 0 Å². The zero-order chi connectivity index (χ0) is 13.3. The van der Waals surface area contributed by atoms with Crippen molar-refractivity contribution >= 4 is 17.3 Å². The molecule has 0 radical (unpaired) electrons. The average molecular weight is 268 g/mol. The summed E-state index contributed by atoms with van der Waals surface area (Å²) in [5.74, 6) is 2.04. The number of fused-ring (bicyclic) bond motifs is 1. The highest BCUT2D eigenvalue weighted by Gasteiger charge is 2.32. The number of halogens is 1. The number of rotatable bonds is 3. The summed E-state index contributed by atoms with van der Waals surface area (Å²) in [7, 11) is 0. The summed E-state index contributed by atoms with van der Waals surface area (Å²) in [5, 5.41) is 4.32. The molecular formula is C15H22ClNO. The van der Waals surface area contributed by atoms with Crippen molar-refractivity contribution in [3.8, 4) is 5.75 Å². The second-order valence-electron chi connectivity index (χ2n) is 5.84. The number of anilines is 1. The fraction of sp³-hybridized carbons (Fsp3) is 0.600. The first-order chi connectivity index (χ1) is 8.47. The fourth-order valence-corrected chi connectivity index (χ4v) is 2.64. The fourth-order valence-electron chi connectivity index (χ4n) is 2.48. The molecule has 0 aliphatic carbocycles. The van der Waals surface area contributed by atoms with E-state index in [9.17, 15) is 0 Å². The molecule has 1 heterocycles. The van der Waals surface area contributed by atoms with Gasteiger partial charge in [-0.1, -0.05) is 39.3 Å². The lowest BCUT2D eigenvalue weighted by molar-refractivity contribution is 0.125. The first-order valence-corrected chi connectivity index (χ1v) is 7.08. The zero-order valence-corrected chi connectivity index (χ0v) is 12.3. The van der Waals surface area contributed by atoms with Crippen molar-refractivity contribution < 1.29 is 4.74 Å². The smallest absolute Gasteiger partial charge is 0.144 e. The highest BCUT2D eigenvalue weighted by Crippen LogP contribution is 2.36. The molecule has 2 atom stereocenters.